The lowest BCUT2D eigenvalue weighted by molar-refractivity contribution is -0.142. The highest BCUT2D eigenvalue weighted by atomic mass is 16.4. The maximum atomic E-state index is 11.6. The van der Waals surface area contributed by atoms with Crippen LogP contribution in [0.15, 0.2) is 30.3 Å². The summed E-state index contributed by atoms with van der Waals surface area (Å²) >= 11 is 0. The minimum atomic E-state index is -0.956. The standard InChI is InChI=1S/C12H13NO3/c14-11-6-10(7-13(11)8-12(15)16)9-4-2-1-3-5-9/h1-5,10H,6-8H2,(H,15,16)/t10-/m1/s1. The third-order valence-electron chi connectivity index (χ3n) is 2.81. The van der Waals surface area contributed by atoms with E-state index < -0.39 is 5.97 Å². The van der Waals surface area contributed by atoms with Crippen LogP contribution < -0.4 is 0 Å². The number of likely N-dealkylation sites (tertiary alicyclic amines) is 1. The summed E-state index contributed by atoms with van der Waals surface area (Å²) < 4.78 is 0. The number of carbonyl (C=O) groups is 2. The van der Waals surface area contributed by atoms with Gasteiger partial charge in [0.2, 0.25) is 5.91 Å². The molecule has 1 aliphatic rings. The first-order valence-electron chi connectivity index (χ1n) is 5.21. The molecule has 1 atom stereocenters. The van der Waals surface area contributed by atoms with E-state index in [2.05, 4.69) is 0 Å². The molecule has 0 radical (unpaired) electrons. The number of hydrogen-bond acceptors (Lipinski definition) is 2. The van der Waals surface area contributed by atoms with E-state index >= 15 is 0 Å². The molecule has 0 spiro atoms. The Kier molecular flexibility index (Phi) is 2.90. The fourth-order valence-corrected chi connectivity index (χ4v) is 2.04. The summed E-state index contributed by atoms with van der Waals surface area (Å²) in [6.07, 6.45) is 0.414. The Hall–Kier alpha value is -1.84. The third-order valence-corrected chi connectivity index (χ3v) is 2.81. The number of carboxylic acid groups (broad SMARTS) is 1. The molecule has 1 N–H and O–H groups in total. The van der Waals surface area contributed by atoms with Gasteiger partial charge in [0.25, 0.3) is 0 Å². The van der Waals surface area contributed by atoms with Gasteiger partial charge in [-0.3, -0.25) is 9.59 Å². The molecule has 0 bridgehead atoms. The van der Waals surface area contributed by atoms with Crippen molar-refractivity contribution in [2.45, 2.75) is 12.3 Å². The number of benzene rings is 1. The zero-order valence-corrected chi connectivity index (χ0v) is 8.80. The minimum absolute atomic E-state index is 0.0729. The zero-order chi connectivity index (χ0) is 11.5. The molecule has 2 rings (SSSR count). The minimum Gasteiger partial charge on any atom is -0.480 e. The molecule has 4 nitrogen and oxygen atoms in total. The summed E-state index contributed by atoms with van der Waals surface area (Å²) in [5.41, 5.74) is 1.10. The molecule has 1 aromatic carbocycles. The highest BCUT2D eigenvalue weighted by Crippen LogP contribution is 2.27. The first kappa shape index (κ1) is 10.7. The summed E-state index contributed by atoms with van der Waals surface area (Å²) in [6.45, 7) is 0.317. The Morgan fingerprint density at radius 2 is 2.06 bits per heavy atom. The van der Waals surface area contributed by atoms with E-state index in [1.165, 1.54) is 4.90 Å². The number of amides is 1. The summed E-state index contributed by atoms with van der Waals surface area (Å²) in [7, 11) is 0. The van der Waals surface area contributed by atoms with Crippen molar-refractivity contribution in [3.05, 3.63) is 35.9 Å². The Morgan fingerprint density at radius 3 is 2.69 bits per heavy atom. The number of carbonyl (C=O) groups excluding carboxylic acids is 1. The van der Waals surface area contributed by atoms with Crippen LogP contribution in [0.1, 0.15) is 17.9 Å². The second-order valence-electron chi connectivity index (χ2n) is 3.98. The molecule has 1 aromatic rings. The lowest BCUT2D eigenvalue weighted by Gasteiger charge is -2.13. The molecule has 4 heteroatoms. The molecule has 0 saturated carbocycles. The summed E-state index contributed by atoms with van der Waals surface area (Å²) in [6, 6.07) is 9.74. The van der Waals surface area contributed by atoms with Gasteiger partial charge in [-0.2, -0.15) is 0 Å². The topological polar surface area (TPSA) is 57.6 Å². The lowest BCUT2D eigenvalue weighted by atomic mass is 9.99. The second-order valence-corrected chi connectivity index (χ2v) is 3.98. The number of aliphatic carboxylic acids is 1. The molecule has 1 fully saturated rings. The van der Waals surface area contributed by atoms with Crippen molar-refractivity contribution >= 4 is 11.9 Å². The predicted octanol–water partition coefficient (Wildman–Crippen LogP) is 1.09. The second kappa shape index (κ2) is 4.35. The van der Waals surface area contributed by atoms with Crippen molar-refractivity contribution in [2.24, 2.45) is 0 Å². The Balaban J connectivity index is 2.07. The van der Waals surface area contributed by atoms with Gasteiger partial charge in [-0.1, -0.05) is 30.3 Å². The van der Waals surface area contributed by atoms with E-state index in [0.717, 1.165) is 5.56 Å². The first-order chi connectivity index (χ1) is 7.66. The maximum Gasteiger partial charge on any atom is 0.323 e. The van der Waals surface area contributed by atoms with Crippen LogP contribution in [0.2, 0.25) is 0 Å². The molecule has 1 aliphatic heterocycles. The van der Waals surface area contributed by atoms with Crippen molar-refractivity contribution in [3.8, 4) is 0 Å². The third kappa shape index (κ3) is 2.21. The number of nitrogens with zero attached hydrogens (tertiary/aromatic N) is 1. The zero-order valence-electron chi connectivity index (χ0n) is 8.80. The fourth-order valence-electron chi connectivity index (χ4n) is 2.04. The molecule has 0 unspecified atom stereocenters. The van der Waals surface area contributed by atoms with Crippen molar-refractivity contribution in [1.82, 2.24) is 4.90 Å². The van der Waals surface area contributed by atoms with Crippen molar-refractivity contribution < 1.29 is 14.7 Å². The van der Waals surface area contributed by atoms with Gasteiger partial charge in [-0.05, 0) is 5.56 Å². The summed E-state index contributed by atoms with van der Waals surface area (Å²) in [4.78, 5) is 23.5. The summed E-state index contributed by atoms with van der Waals surface area (Å²) in [5, 5.41) is 8.65. The van der Waals surface area contributed by atoms with Crippen LogP contribution in [0.5, 0.6) is 0 Å². The van der Waals surface area contributed by atoms with Crippen LogP contribution in [0.3, 0.4) is 0 Å². The number of hydrogen-bond donors (Lipinski definition) is 1. The smallest absolute Gasteiger partial charge is 0.323 e. The fraction of sp³-hybridized carbons (Fsp3) is 0.333. The largest absolute Gasteiger partial charge is 0.480 e. The molecular formula is C12H13NO3. The Morgan fingerprint density at radius 1 is 1.38 bits per heavy atom. The van der Waals surface area contributed by atoms with E-state index in [4.69, 9.17) is 5.11 Å². The normalized spacial score (nSPS) is 20.1. The van der Waals surface area contributed by atoms with Crippen LogP contribution in [-0.4, -0.2) is 35.0 Å². The van der Waals surface area contributed by atoms with Gasteiger partial charge < -0.3 is 10.0 Å². The quantitative estimate of drug-likeness (QED) is 0.827. The first-order valence-corrected chi connectivity index (χ1v) is 5.21. The number of rotatable bonds is 3. The van der Waals surface area contributed by atoms with Crippen molar-refractivity contribution in [1.29, 1.82) is 0 Å². The average molecular weight is 219 g/mol. The highest BCUT2D eigenvalue weighted by molar-refractivity contribution is 5.84. The van der Waals surface area contributed by atoms with Crippen LogP contribution in [0, 0.1) is 0 Å². The molecule has 0 aliphatic carbocycles. The number of carboxylic acids is 1. The molecule has 16 heavy (non-hydrogen) atoms. The van der Waals surface area contributed by atoms with E-state index in [1.54, 1.807) is 0 Å². The molecule has 1 saturated heterocycles. The molecule has 1 amide bonds. The van der Waals surface area contributed by atoms with Gasteiger partial charge in [0.15, 0.2) is 0 Å². The van der Waals surface area contributed by atoms with E-state index in [9.17, 15) is 9.59 Å². The summed E-state index contributed by atoms with van der Waals surface area (Å²) in [5.74, 6) is -0.897. The highest BCUT2D eigenvalue weighted by Gasteiger charge is 2.31. The van der Waals surface area contributed by atoms with E-state index in [1.807, 2.05) is 30.3 Å². The van der Waals surface area contributed by atoms with Crippen LogP contribution in [0.4, 0.5) is 0 Å². The molecular weight excluding hydrogens is 206 g/mol. The van der Waals surface area contributed by atoms with Crippen LogP contribution >= 0.6 is 0 Å². The van der Waals surface area contributed by atoms with Gasteiger partial charge >= 0.3 is 5.97 Å². The molecule has 0 aromatic heterocycles. The average Bonchev–Trinajstić information content (AvgIpc) is 2.61. The monoisotopic (exact) mass is 219 g/mol. The molecule has 1 heterocycles. The van der Waals surface area contributed by atoms with Gasteiger partial charge in [0.1, 0.15) is 6.54 Å². The van der Waals surface area contributed by atoms with Gasteiger partial charge in [0.05, 0.1) is 0 Å². The van der Waals surface area contributed by atoms with E-state index in [-0.39, 0.29) is 18.4 Å². The van der Waals surface area contributed by atoms with Gasteiger partial charge in [-0.15, -0.1) is 0 Å². The van der Waals surface area contributed by atoms with Crippen LogP contribution in [-0.2, 0) is 9.59 Å². The lowest BCUT2D eigenvalue weighted by Crippen LogP contribution is -2.30. The van der Waals surface area contributed by atoms with E-state index in [0.29, 0.717) is 13.0 Å². The van der Waals surface area contributed by atoms with Gasteiger partial charge in [-0.25, -0.2) is 0 Å². The predicted molar refractivity (Wildman–Crippen MR) is 58.0 cm³/mol. The SMILES string of the molecule is O=C(O)CN1C[C@H](c2ccccc2)CC1=O. The molecule has 84 valence electrons. The van der Waals surface area contributed by atoms with Crippen molar-refractivity contribution in [3.63, 3.8) is 0 Å². The van der Waals surface area contributed by atoms with Gasteiger partial charge in [0, 0.05) is 18.9 Å². The van der Waals surface area contributed by atoms with Crippen molar-refractivity contribution in [2.75, 3.05) is 13.1 Å². The maximum absolute atomic E-state index is 11.6. The Bertz CT molecular complexity index is 402. The van der Waals surface area contributed by atoms with Crippen LogP contribution in [0.25, 0.3) is 0 Å². The Labute approximate surface area is 93.5 Å².